The lowest BCUT2D eigenvalue weighted by Crippen LogP contribution is -2.51. The molecule has 1 aliphatic rings. The maximum Gasteiger partial charge on any atom is 0.242 e. The van der Waals surface area contributed by atoms with Crippen LogP contribution in [0.5, 0.6) is 0 Å². The summed E-state index contributed by atoms with van der Waals surface area (Å²) in [6, 6.07) is 8.18. The molecule has 0 saturated heterocycles. The van der Waals surface area contributed by atoms with Crippen molar-refractivity contribution >= 4 is 11.6 Å². The SMILES string of the molecule is CC(C(=O)NC(C)(C)C)N1CC(CCN)c2ccccc21. The number of anilines is 1. The number of nitrogens with one attached hydrogen (secondary N) is 1. The molecule has 0 saturated carbocycles. The number of nitrogens with two attached hydrogens (primary N) is 1. The molecule has 21 heavy (non-hydrogen) atoms. The fourth-order valence-corrected chi connectivity index (χ4v) is 2.96. The second-order valence-corrected chi connectivity index (χ2v) is 6.90. The van der Waals surface area contributed by atoms with Crippen molar-refractivity contribution in [2.24, 2.45) is 5.73 Å². The van der Waals surface area contributed by atoms with Crippen molar-refractivity contribution in [1.82, 2.24) is 5.32 Å². The predicted molar refractivity (Wildman–Crippen MR) is 87.6 cm³/mol. The standard InChI is InChI=1S/C17H27N3O/c1-12(16(21)19-17(2,3)4)20-11-13(9-10-18)14-7-5-6-8-15(14)20/h5-8,12-13H,9-11,18H2,1-4H3,(H,19,21). The summed E-state index contributed by atoms with van der Waals surface area (Å²) in [7, 11) is 0. The minimum Gasteiger partial charge on any atom is -0.359 e. The van der Waals surface area contributed by atoms with E-state index < -0.39 is 0 Å². The second kappa shape index (κ2) is 6.06. The van der Waals surface area contributed by atoms with Gasteiger partial charge in [-0.3, -0.25) is 4.79 Å². The maximum absolute atomic E-state index is 12.4. The van der Waals surface area contributed by atoms with Crippen molar-refractivity contribution in [1.29, 1.82) is 0 Å². The van der Waals surface area contributed by atoms with Crippen LogP contribution in [0.3, 0.4) is 0 Å². The molecule has 1 amide bonds. The van der Waals surface area contributed by atoms with Gasteiger partial charge in [0.25, 0.3) is 0 Å². The molecule has 1 heterocycles. The highest BCUT2D eigenvalue weighted by Gasteiger charge is 2.33. The average Bonchev–Trinajstić information content (AvgIpc) is 2.76. The summed E-state index contributed by atoms with van der Waals surface area (Å²) in [6.07, 6.45) is 0.959. The van der Waals surface area contributed by atoms with Gasteiger partial charge in [-0.25, -0.2) is 0 Å². The lowest BCUT2D eigenvalue weighted by atomic mass is 9.98. The van der Waals surface area contributed by atoms with Gasteiger partial charge in [0.1, 0.15) is 6.04 Å². The van der Waals surface area contributed by atoms with Crippen molar-refractivity contribution in [3.8, 4) is 0 Å². The van der Waals surface area contributed by atoms with Crippen molar-refractivity contribution in [3.05, 3.63) is 29.8 Å². The molecule has 0 fully saturated rings. The largest absolute Gasteiger partial charge is 0.359 e. The minimum absolute atomic E-state index is 0.0747. The van der Waals surface area contributed by atoms with Gasteiger partial charge in [0.15, 0.2) is 0 Å². The quantitative estimate of drug-likeness (QED) is 0.894. The number of para-hydroxylation sites is 1. The van der Waals surface area contributed by atoms with E-state index in [0.717, 1.165) is 13.0 Å². The smallest absolute Gasteiger partial charge is 0.242 e. The van der Waals surface area contributed by atoms with E-state index in [0.29, 0.717) is 12.5 Å². The Morgan fingerprint density at radius 3 is 2.71 bits per heavy atom. The van der Waals surface area contributed by atoms with E-state index in [2.05, 4.69) is 28.4 Å². The van der Waals surface area contributed by atoms with Crippen molar-refractivity contribution < 1.29 is 4.79 Å². The van der Waals surface area contributed by atoms with Gasteiger partial charge in [0.05, 0.1) is 0 Å². The molecule has 2 rings (SSSR count). The fourth-order valence-electron chi connectivity index (χ4n) is 2.96. The summed E-state index contributed by atoms with van der Waals surface area (Å²) in [5.74, 6) is 0.502. The summed E-state index contributed by atoms with van der Waals surface area (Å²) < 4.78 is 0. The Morgan fingerprint density at radius 2 is 2.10 bits per heavy atom. The number of carbonyl (C=O) groups is 1. The Morgan fingerprint density at radius 1 is 1.43 bits per heavy atom. The summed E-state index contributed by atoms with van der Waals surface area (Å²) in [5.41, 5.74) is 8.02. The number of hydrogen-bond acceptors (Lipinski definition) is 3. The number of fused-ring (bicyclic) bond motifs is 1. The Labute approximate surface area is 127 Å². The molecule has 116 valence electrons. The van der Waals surface area contributed by atoms with Gasteiger partial charge in [0.2, 0.25) is 5.91 Å². The van der Waals surface area contributed by atoms with Crippen LogP contribution in [0.4, 0.5) is 5.69 Å². The molecular weight excluding hydrogens is 262 g/mol. The summed E-state index contributed by atoms with van der Waals surface area (Å²) in [4.78, 5) is 14.6. The molecule has 2 atom stereocenters. The monoisotopic (exact) mass is 289 g/mol. The Bertz CT molecular complexity index is 507. The van der Waals surface area contributed by atoms with Crippen LogP contribution in [0.15, 0.2) is 24.3 Å². The zero-order chi connectivity index (χ0) is 15.6. The first-order chi connectivity index (χ1) is 9.83. The van der Waals surface area contributed by atoms with Crippen molar-refractivity contribution in [3.63, 3.8) is 0 Å². The summed E-state index contributed by atoms with van der Waals surface area (Å²) >= 11 is 0. The van der Waals surface area contributed by atoms with Gasteiger partial charge >= 0.3 is 0 Å². The number of carbonyl (C=O) groups excluding carboxylic acids is 1. The molecule has 0 bridgehead atoms. The van der Waals surface area contributed by atoms with Crippen LogP contribution >= 0.6 is 0 Å². The third-order valence-corrected chi connectivity index (χ3v) is 3.96. The highest BCUT2D eigenvalue weighted by molar-refractivity contribution is 5.86. The molecule has 0 aliphatic carbocycles. The van der Waals surface area contributed by atoms with Crippen LogP contribution in [-0.4, -0.2) is 30.6 Å². The van der Waals surface area contributed by atoms with Crippen LogP contribution < -0.4 is 16.0 Å². The maximum atomic E-state index is 12.4. The Hall–Kier alpha value is -1.55. The molecule has 0 aromatic heterocycles. The number of rotatable bonds is 4. The molecular formula is C17H27N3O. The molecule has 2 unspecified atom stereocenters. The van der Waals surface area contributed by atoms with E-state index in [1.807, 2.05) is 33.8 Å². The third kappa shape index (κ3) is 3.56. The lowest BCUT2D eigenvalue weighted by molar-refractivity contribution is -0.123. The van der Waals surface area contributed by atoms with Crippen LogP contribution in [0, 0.1) is 0 Å². The van der Waals surface area contributed by atoms with Crippen LogP contribution in [-0.2, 0) is 4.79 Å². The number of hydrogen-bond donors (Lipinski definition) is 2. The first-order valence-corrected chi connectivity index (χ1v) is 7.71. The highest BCUT2D eigenvalue weighted by atomic mass is 16.2. The normalized spacial score (nSPS) is 19.3. The van der Waals surface area contributed by atoms with Gasteiger partial charge in [-0.05, 0) is 52.3 Å². The molecule has 1 aromatic rings. The minimum atomic E-state index is -0.207. The molecule has 0 radical (unpaired) electrons. The molecule has 0 spiro atoms. The Kier molecular flexibility index (Phi) is 4.57. The fraction of sp³-hybridized carbons (Fsp3) is 0.588. The number of nitrogens with zero attached hydrogens (tertiary/aromatic N) is 1. The van der Waals surface area contributed by atoms with E-state index >= 15 is 0 Å². The van der Waals surface area contributed by atoms with E-state index in [9.17, 15) is 4.79 Å². The van der Waals surface area contributed by atoms with E-state index in [-0.39, 0.29) is 17.5 Å². The molecule has 1 aliphatic heterocycles. The average molecular weight is 289 g/mol. The van der Waals surface area contributed by atoms with Crippen LogP contribution in [0.1, 0.15) is 45.6 Å². The molecule has 3 N–H and O–H groups in total. The summed E-state index contributed by atoms with van der Waals surface area (Å²) in [6.45, 7) is 9.54. The van der Waals surface area contributed by atoms with Crippen LogP contribution in [0.2, 0.25) is 0 Å². The number of amides is 1. The van der Waals surface area contributed by atoms with Gasteiger partial charge in [-0.15, -0.1) is 0 Å². The van der Waals surface area contributed by atoms with Gasteiger partial charge in [0, 0.05) is 23.7 Å². The third-order valence-electron chi connectivity index (χ3n) is 3.96. The second-order valence-electron chi connectivity index (χ2n) is 6.90. The van der Waals surface area contributed by atoms with Gasteiger partial charge in [-0.1, -0.05) is 18.2 Å². The molecule has 4 heteroatoms. The van der Waals surface area contributed by atoms with E-state index in [1.165, 1.54) is 11.3 Å². The summed E-state index contributed by atoms with van der Waals surface area (Å²) in [5, 5.41) is 3.07. The van der Waals surface area contributed by atoms with Crippen LogP contribution in [0.25, 0.3) is 0 Å². The van der Waals surface area contributed by atoms with Gasteiger partial charge < -0.3 is 16.0 Å². The van der Waals surface area contributed by atoms with E-state index in [1.54, 1.807) is 0 Å². The van der Waals surface area contributed by atoms with Gasteiger partial charge in [-0.2, -0.15) is 0 Å². The zero-order valence-electron chi connectivity index (χ0n) is 13.5. The first-order valence-electron chi connectivity index (χ1n) is 7.71. The van der Waals surface area contributed by atoms with Crippen molar-refractivity contribution in [2.45, 2.75) is 51.6 Å². The Balaban J connectivity index is 2.19. The van der Waals surface area contributed by atoms with E-state index in [4.69, 9.17) is 5.73 Å². The number of benzene rings is 1. The topological polar surface area (TPSA) is 58.4 Å². The lowest BCUT2D eigenvalue weighted by Gasteiger charge is -2.30. The molecule has 1 aromatic carbocycles. The highest BCUT2D eigenvalue weighted by Crippen LogP contribution is 2.38. The molecule has 4 nitrogen and oxygen atoms in total. The van der Waals surface area contributed by atoms with Crippen molar-refractivity contribution in [2.75, 3.05) is 18.0 Å². The zero-order valence-corrected chi connectivity index (χ0v) is 13.5. The predicted octanol–water partition coefficient (Wildman–Crippen LogP) is 2.24. The first kappa shape index (κ1) is 15.8.